The molecule has 0 amide bonds. The van der Waals surface area contributed by atoms with Crippen molar-refractivity contribution in [3.05, 3.63) is 29.5 Å². The lowest BCUT2D eigenvalue weighted by atomic mass is 9.73. The van der Waals surface area contributed by atoms with Gasteiger partial charge in [0.2, 0.25) is 0 Å². The van der Waals surface area contributed by atoms with Crippen molar-refractivity contribution in [1.82, 2.24) is 4.57 Å². The quantitative estimate of drug-likeness (QED) is 0.619. The van der Waals surface area contributed by atoms with Crippen LogP contribution in [0.2, 0.25) is 0 Å². The van der Waals surface area contributed by atoms with Crippen molar-refractivity contribution in [3.8, 4) is 0 Å². The predicted molar refractivity (Wildman–Crippen MR) is 127 cm³/mol. The van der Waals surface area contributed by atoms with Gasteiger partial charge in [-0.2, -0.15) is 0 Å². The molecule has 2 fully saturated rings. The molecule has 2 aliphatic rings. The predicted octanol–water partition coefficient (Wildman–Crippen LogP) is 4.93. The Morgan fingerprint density at radius 2 is 1.69 bits per heavy atom. The zero-order valence-corrected chi connectivity index (χ0v) is 20.7. The maximum atomic E-state index is 13.6. The lowest BCUT2D eigenvalue weighted by molar-refractivity contribution is 0.00578. The molecule has 1 aromatic carbocycles. The van der Waals surface area contributed by atoms with Gasteiger partial charge in [0.15, 0.2) is 0 Å². The van der Waals surface area contributed by atoms with E-state index in [9.17, 15) is 4.79 Å². The molecule has 32 heavy (non-hydrogen) atoms. The molecule has 0 spiro atoms. The highest BCUT2D eigenvalue weighted by Crippen LogP contribution is 2.40. The average Bonchev–Trinajstić information content (AvgIpc) is 3.11. The van der Waals surface area contributed by atoms with E-state index in [1.165, 1.54) is 0 Å². The van der Waals surface area contributed by atoms with Crippen molar-refractivity contribution in [3.63, 3.8) is 0 Å². The van der Waals surface area contributed by atoms with E-state index in [1.807, 2.05) is 27.7 Å². The lowest BCUT2D eigenvalue weighted by Gasteiger charge is -2.32. The topological polar surface area (TPSA) is 58.9 Å². The van der Waals surface area contributed by atoms with Gasteiger partial charge in [-0.1, -0.05) is 12.1 Å². The molecule has 3 heterocycles. The first-order chi connectivity index (χ1) is 14.8. The van der Waals surface area contributed by atoms with Crippen molar-refractivity contribution in [2.45, 2.75) is 91.0 Å². The van der Waals surface area contributed by atoms with Crippen LogP contribution in [0.5, 0.6) is 0 Å². The molecular formula is C25H36BNO5. The molecule has 174 valence electrons. The summed E-state index contributed by atoms with van der Waals surface area (Å²) < 4.78 is 26.3. The number of carbonyl (C=O) groups excluding carboxylic acids is 1. The maximum Gasteiger partial charge on any atom is 0.497 e. The minimum Gasteiger partial charge on any atom is -0.443 e. The number of hydrogen-bond acceptors (Lipinski definition) is 5. The van der Waals surface area contributed by atoms with Crippen LogP contribution in [-0.4, -0.2) is 47.8 Å². The summed E-state index contributed by atoms with van der Waals surface area (Å²) in [4.78, 5) is 13.6. The SMILES string of the molecule is Cc1ccc2c(B3OC(C)(C)C(C)(C)O3)c(C3CCOCC3)n(C(=O)OC(C)(C)C)c2c1. The fourth-order valence-corrected chi connectivity index (χ4v) is 4.53. The number of hydrogen-bond donors (Lipinski definition) is 0. The van der Waals surface area contributed by atoms with Crippen LogP contribution in [0.1, 0.15) is 78.5 Å². The highest BCUT2D eigenvalue weighted by atomic mass is 16.7. The Labute approximate surface area is 191 Å². The van der Waals surface area contributed by atoms with Crippen LogP contribution in [0.4, 0.5) is 4.79 Å². The molecular weight excluding hydrogens is 405 g/mol. The average molecular weight is 441 g/mol. The van der Waals surface area contributed by atoms with Crippen LogP contribution in [0.3, 0.4) is 0 Å². The van der Waals surface area contributed by atoms with E-state index in [2.05, 4.69) is 45.9 Å². The third kappa shape index (κ3) is 4.11. The number of rotatable bonds is 2. The summed E-state index contributed by atoms with van der Waals surface area (Å²) in [6, 6.07) is 6.20. The first kappa shape index (κ1) is 23.3. The van der Waals surface area contributed by atoms with Crippen molar-refractivity contribution >= 4 is 29.6 Å². The van der Waals surface area contributed by atoms with Gasteiger partial charge >= 0.3 is 13.2 Å². The van der Waals surface area contributed by atoms with Crippen LogP contribution in [0.25, 0.3) is 10.9 Å². The molecule has 0 atom stereocenters. The van der Waals surface area contributed by atoms with Crippen LogP contribution in [0, 0.1) is 6.92 Å². The van der Waals surface area contributed by atoms with Crippen LogP contribution < -0.4 is 5.46 Å². The van der Waals surface area contributed by atoms with Crippen molar-refractivity contribution in [2.75, 3.05) is 13.2 Å². The maximum absolute atomic E-state index is 13.6. The zero-order valence-electron chi connectivity index (χ0n) is 20.7. The molecule has 4 rings (SSSR count). The van der Waals surface area contributed by atoms with Gasteiger partial charge < -0.3 is 18.8 Å². The van der Waals surface area contributed by atoms with E-state index in [0.717, 1.165) is 40.5 Å². The smallest absolute Gasteiger partial charge is 0.443 e. The minimum absolute atomic E-state index is 0.151. The molecule has 2 saturated heterocycles. The Kier molecular flexibility index (Phi) is 5.75. The number of ether oxygens (including phenoxy) is 2. The van der Waals surface area contributed by atoms with E-state index >= 15 is 0 Å². The van der Waals surface area contributed by atoms with Crippen molar-refractivity contribution in [2.24, 2.45) is 0 Å². The highest BCUT2D eigenvalue weighted by Gasteiger charge is 2.54. The number of aromatic nitrogens is 1. The standard InChI is InChI=1S/C25H36BNO5/c1-16-9-10-18-19(15-16)27(22(28)30-23(2,3)4)21(17-11-13-29-14-12-17)20(18)26-31-24(5,6)25(7,8)32-26/h9-10,15,17H,11-14H2,1-8H3. The Morgan fingerprint density at radius 1 is 1.09 bits per heavy atom. The number of aryl methyl sites for hydroxylation is 1. The van der Waals surface area contributed by atoms with Gasteiger partial charge in [0.25, 0.3) is 0 Å². The molecule has 0 radical (unpaired) electrons. The van der Waals surface area contributed by atoms with E-state index in [-0.39, 0.29) is 12.0 Å². The van der Waals surface area contributed by atoms with E-state index in [4.69, 9.17) is 18.8 Å². The first-order valence-corrected chi connectivity index (χ1v) is 11.6. The van der Waals surface area contributed by atoms with E-state index in [1.54, 1.807) is 4.57 Å². The second kappa shape index (κ2) is 7.89. The van der Waals surface area contributed by atoms with E-state index in [0.29, 0.717) is 13.2 Å². The summed E-state index contributed by atoms with van der Waals surface area (Å²) in [5.41, 5.74) is 2.24. The molecule has 0 N–H and O–H groups in total. The monoisotopic (exact) mass is 441 g/mol. The number of carbonyl (C=O) groups is 1. The molecule has 2 aromatic rings. The summed E-state index contributed by atoms with van der Waals surface area (Å²) in [6.45, 7) is 17.3. The van der Waals surface area contributed by atoms with Gasteiger partial charge in [0.05, 0.1) is 16.7 Å². The Hall–Kier alpha value is -1.83. The van der Waals surface area contributed by atoms with Gasteiger partial charge in [0.1, 0.15) is 5.60 Å². The normalized spacial score (nSPS) is 21.3. The first-order valence-electron chi connectivity index (χ1n) is 11.6. The molecule has 0 unspecified atom stereocenters. The summed E-state index contributed by atoms with van der Waals surface area (Å²) in [6.07, 6.45) is 1.31. The molecule has 2 aliphatic heterocycles. The van der Waals surface area contributed by atoms with Gasteiger partial charge in [-0.05, 0) is 79.9 Å². The molecule has 6 nitrogen and oxygen atoms in total. The third-order valence-electron chi connectivity index (χ3n) is 6.87. The second-order valence-corrected chi connectivity index (χ2v) is 11.1. The van der Waals surface area contributed by atoms with Gasteiger partial charge in [0, 0.05) is 35.7 Å². The zero-order chi connectivity index (χ0) is 23.5. The summed E-state index contributed by atoms with van der Waals surface area (Å²) in [7, 11) is -0.563. The fourth-order valence-electron chi connectivity index (χ4n) is 4.53. The Bertz CT molecular complexity index is 1010. The largest absolute Gasteiger partial charge is 0.497 e. The highest BCUT2D eigenvalue weighted by molar-refractivity contribution is 6.66. The van der Waals surface area contributed by atoms with Crippen LogP contribution >= 0.6 is 0 Å². The van der Waals surface area contributed by atoms with Gasteiger partial charge in [-0.3, -0.25) is 0 Å². The molecule has 1 aromatic heterocycles. The molecule has 0 saturated carbocycles. The lowest BCUT2D eigenvalue weighted by Crippen LogP contribution is -2.41. The van der Waals surface area contributed by atoms with Gasteiger partial charge in [-0.15, -0.1) is 0 Å². The van der Waals surface area contributed by atoms with Crippen molar-refractivity contribution in [1.29, 1.82) is 0 Å². The Balaban J connectivity index is 1.97. The minimum atomic E-state index is -0.602. The molecule has 0 bridgehead atoms. The summed E-state index contributed by atoms with van der Waals surface area (Å²) >= 11 is 0. The Morgan fingerprint density at radius 3 is 2.25 bits per heavy atom. The molecule has 0 aliphatic carbocycles. The van der Waals surface area contributed by atoms with Crippen LogP contribution in [0.15, 0.2) is 18.2 Å². The number of fused-ring (bicyclic) bond motifs is 1. The number of nitrogens with zero attached hydrogens (tertiary/aromatic N) is 1. The fraction of sp³-hybridized carbons (Fsp3) is 0.640. The summed E-state index contributed by atoms with van der Waals surface area (Å²) in [5.74, 6) is 0.151. The van der Waals surface area contributed by atoms with Gasteiger partial charge in [-0.25, -0.2) is 9.36 Å². The van der Waals surface area contributed by atoms with Crippen LogP contribution in [-0.2, 0) is 18.8 Å². The number of benzene rings is 1. The summed E-state index contributed by atoms with van der Waals surface area (Å²) in [5, 5.41) is 0.974. The molecule has 7 heteroatoms. The third-order valence-corrected chi connectivity index (χ3v) is 6.87. The van der Waals surface area contributed by atoms with Crippen molar-refractivity contribution < 1.29 is 23.6 Å². The second-order valence-electron chi connectivity index (χ2n) is 11.1. The van der Waals surface area contributed by atoms with E-state index < -0.39 is 23.9 Å².